The third kappa shape index (κ3) is 2.23. The van der Waals surface area contributed by atoms with Crippen LogP contribution in [0.25, 0.3) is 11.6 Å². The Morgan fingerprint density at radius 3 is 3.00 bits per heavy atom. The van der Waals surface area contributed by atoms with Gasteiger partial charge in [0.1, 0.15) is 5.82 Å². The van der Waals surface area contributed by atoms with Gasteiger partial charge in [0.25, 0.3) is 5.91 Å². The lowest BCUT2D eigenvalue weighted by atomic mass is 10.1. The van der Waals surface area contributed by atoms with Crippen molar-refractivity contribution in [1.29, 1.82) is 0 Å². The first kappa shape index (κ1) is 13.3. The minimum Gasteiger partial charge on any atom is -0.320 e. The van der Waals surface area contributed by atoms with Crippen molar-refractivity contribution in [3.05, 3.63) is 57.0 Å². The van der Waals surface area contributed by atoms with Crippen molar-refractivity contribution in [3.63, 3.8) is 0 Å². The maximum atomic E-state index is 14.0. The van der Waals surface area contributed by atoms with E-state index < -0.39 is 5.82 Å². The highest BCUT2D eigenvalue weighted by atomic mass is 79.9. The molecule has 100 valence electrons. The molecule has 0 radical (unpaired) electrons. The van der Waals surface area contributed by atoms with Crippen molar-refractivity contribution in [1.82, 2.24) is 4.98 Å². The van der Waals surface area contributed by atoms with Crippen LogP contribution in [0.3, 0.4) is 0 Å². The number of hydrogen-bond donors (Lipinski definition) is 1. The predicted octanol–water partition coefficient (Wildman–Crippen LogP) is 4.13. The Morgan fingerprint density at radius 2 is 2.20 bits per heavy atom. The average molecular weight is 354 g/mol. The number of benzene rings is 1. The van der Waals surface area contributed by atoms with Gasteiger partial charge >= 0.3 is 0 Å². The van der Waals surface area contributed by atoms with Crippen LogP contribution in [0.1, 0.15) is 11.3 Å². The first-order valence-corrected chi connectivity index (χ1v) is 6.86. The van der Waals surface area contributed by atoms with Crippen LogP contribution in [0, 0.1) is 5.82 Å². The molecule has 3 rings (SSSR count). The summed E-state index contributed by atoms with van der Waals surface area (Å²) in [6.07, 6.45) is 2.92. The summed E-state index contributed by atoms with van der Waals surface area (Å²) in [5.41, 5.74) is 1.63. The summed E-state index contributed by atoms with van der Waals surface area (Å²) in [7, 11) is 0. The third-order valence-electron chi connectivity index (χ3n) is 2.88. The summed E-state index contributed by atoms with van der Waals surface area (Å²) in [5, 5.41) is 3.08. The molecule has 1 aromatic heterocycles. The normalized spacial score (nSPS) is 15.3. The molecule has 0 bridgehead atoms. The number of nitrogens with one attached hydrogen (secondary N) is 1. The van der Waals surface area contributed by atoms with Crippen molar-refractivity contribution in [2.75, 3.05) is 5.32 Å². The van der Waals surface area contributed by atoms with Gasteiger partial charge in [-0.1, -0.05) is 23.7 Å². The van der Waals surface area contributed by atoms with Gasteiger partial charge in [0.15, 0.2) is 0 Å². The molecule has 1 aromatic carbocycles. The summed E-state index contributed by atoms with van der Waals surface area (Å²) in [5.74, 6) is -0.746. The van der Waals surface area contributed by atoms with E-state index >= 15 is 0 Å². The minimum atomic E-state index is -0.421. The quantitative estimate of drug-likeness (QED) is 0.783. The number of nitrogens with zero attached hydrogens (tertiary/aromatic N) is 1. The van der Waals surface area contributed by atoms with Crippen LogP contribution in [0.15, 0.2) is 34.9 Å². The molecular formula is C14H7BrClFN2O. The zero-order valence-corrected chi connectivity index (χ0v) is 12.3. The number of hydrogen-bond acceptors (Lipinski definition) is 2. The van der Waals surface area contributed by atoms with Gasteiger partial charge in [-0.25, -0.2) is 4.39 Å². The van der Waals surface area contributed by atoms with Crippen molar-refractivity contribution in [2.45, 2.75) is 0 Å². The molecule has 0 fully saturated rings. The number of halogens is 3. The van der Waals surface area contributed by atoms with Crippen LogP contribution in [0.5, 0.6) is 0 Å². The second-order valence-corrected chi connectivity index (χ2v) is 5.50. The molecule has 0 atom stereocenters. The second-order valence-electron chi connectivity index (χ2n) is 4.20. The highest BCUT2D eigenvalue weighted by Gasteiger charge is 2.26. The molecule has 2 heterocycles. The van der Waals surface area contributed by atoms with Gasteiger partial charge < -0.3 is 5.32 Å². The summed E-state index contributed by atoms with van der Waals surface area (Å²) in [4.78, 5) is 16.1. The van der Waals surface area contributed by atoms with E-state index in [1.54, 1.807) is 24.3 Å². The molecule has 0 saturated carbocycles. The van der Waals surface area contributed by atoms with Crippen LogP contribution in [0.2, 0.25) is 5.02 Å². The van der Waals surface area contributed by atoms with E-state index in [9.17, 15) is 9.18 Å². The third-order valence-corrected chi connectivity index (χ3v) is 3.70. The first-order valence-electron chi connectivity index (χ1n) is 5.69. The molecule has 0 aliphatic carbocycles. The first-order chi connectivity index (χ1) is 9.56. The standard InChI is InChI=1S/C14H7BrClFN2O/c15-10-3-1-2-7(12(10)17)4-9-13-11(19-14(9)20)5-8(16)6-18-13/h1-6H,(H,19,20)/b9-4+. The molecule has 20 heavy (non-hydrogen) atoms. The monoisotopic (exact) mass is 352 g/mol. The zero-order valence-electron chi connectivity index (χ0n) is 9.95. The van der Waals surface area contributed by atoms with E-state index in [-0.39, 0.29) is 5.91 Å². The van der Waals surface area contributed by atoms with Crippen LogP contribution >= 0.6 is 27.5 Å². The number of carbonyl (C=O) groups excluding carboxylic acids is 1. The number of aromatic nitrogens is 1. The van der Waals surface area contributed by atoms with Gasteiger partial charge in [0, 0.05) is 11.8 Å². The molecule has 1 amide bonds. The lowest BCUT2D eigenvalue weighted by Crippen LogP contribution is -2.03. The van der Waals surface area contributed by atoms with E-state index in [1.165, 1.54) is 12.3 Å². The summed E-state index contributed by atoms with van der Waals surface area (Å²) in [6, 6.07) is 6.49. The zero-order chi connectivity index (χ0) is 14.3. The molecule has 0 spiro atoms. The van der Waals surface area contributed by atoms with Crippen LogP contribution < -0.4 is 5.32 Å². The molecule has 2 aromatic rings. The fraction of sp³-hybridized carbons (Fsp3) is 0. The van der Waals surface area contributed by atoms with Gasteiger partial charge in [-0.3, -0.25) is 9.78 Å². The SMILES string of the molecule is O=C1Nc2cc(Cl)cnc2/C1=C\c1cccc(Br)c1F. The lowest BCUT2D eigenvalue weighted by molar-refractivity contribution is -0.110. The molecule has 3 nitrogen and oxygen atoms in total. The Bertz CT molecular complexity index is 761. The predicted molar refractivity (Wildman–Crippen MR) is 79.8 cm³/mol. The second kappa shape index (κ2) is 5.00. The van der Waals surface area contributed by atoms with Crippen LogP contribution in [0.4, 0.5) is 10.1 Å². The van der Waals surface area contributed by atoms with Crippen molar-refractivity contribution in [2.24, 2.45) is 0 Å². The fourth-order valence-electron chi connectivity index (χ4n) is 1.97. The molecule has 0 saturated heterocycles. The number of carbonyl (C=O) groups is 1. The average Bonchev–Trinajstić information content (AvgIpc) is 2.70. The van der Waals surface area contributed by atoms with E-state index in [2.05, 4.69) is 26.2 Å². The molecule has 6 heteroatoms. The number of rotatable bonds is 1. The summed E-state index contributed by atoms with van der Waals surface area (Å²) >= 11 is 8.94. The number of fused-ring (bicyclic) bond motifs is 1. The van der Waals surface area contributed by atoms with Gasteiger partial charge in [-0.2, -0.15) is 0 Å². The van der Waals surface area contributed by atoms with Crippen LogP contribution in [-0.4, -0.2) is 10.9 Å². The Labute approximate surface area is 127 Å². The lowest BCUT2D eigenvalue weighted by Gasteiger charge is -2.01. The fourth-order valence-corrected chi connectivity index (χ4v) is 2.51. The van der Waals surface area contributed by atoms with Crippen LogP contribution in [-0.2, 0) is 4.79 Å². The molecular weight excluding hydrogens is 347 g/mol. The topological polar surface area (TPSA) is 42.0 Å². The van der Waals surface area contributed by atoms with Gasteiger partial charge in [0.2, 0.25) is 0 Å². The van der Waals surface area contributed by atoms with Gasteiger partial charge in [0.05, 0.1) is 26.4 Å². The maximum Gasteiger partial charge on any atom is 0.258 e. The Morgan fingerprint density at radius 1 is 1.40 bits per heavy atom. The Hall–Kier alpha value is -1.72. The Balaban J connectivity index is 2.14. The number of anilines is 1. The maximum absolute atomic E-state index is 14.0. The number of amides is 1. The molecule has 1 aliphatic rings. The smallest absolute Gasteiger partial charge is 0.258 e. The van der Waals surface area contributed by atoms with Crippen molar-refractivity contribution in [3.8, 4) is 0 Å². The van der Waals surface area contributed by atoms with Gasteiger partial charge in [-0.15, -0.1) is 0 Å². The van der Waals surface area contributed by atoms with Crippen molar-refractivity contribution < 1.29 is 9.18 Å². The van der Waals surface area contributed by atoms with E-state index in [0.717, 1.165) is 0 Å². The highest BCUT2D eigenvalue weighted by Crippen LogP contribution is 2.33. The van der Waals surface area contributed by atoms with Gasteiger partial charge in [-0.05, 0) is 34.1 Å². The van der Waals surface area contributed by atoms with E-state index in [0.29, 0.717) is 32.0 Å². The molecule has 1 N–H and O–H groups in total. The molecule has 1 aliphatic heterocycles. The van der Waals surface area contributed by atoms with E-state index in [4.69, 9.17) is 11.6 Å². The number of pyridine rings is 1. The molecule has 0 unspecified atom stereocenters. The van der Waals surface area contributed by atoms with Crippen molar-refractivity contribution >= 4 is 50.8 Å². The highest BCUT2D eigenvalue weighted by molar-refractivity contribution is 9.10. The summed E-state index contributed by atoms with van der Waals surface area (Å²) in [6.45, 7) is 0. The Kier molecular flexibility index (Phi) is 3.31. The summed E-state index contributed by atoms with van der Waals surface area (Å²) < 4.78 is 14.3. The van der Waals surface area contributed by atoms with E-state index in [1.807, 2.05) is 0 Å². The minimum absolute atomic E-state index is 0.314. The largest absolute Gasteiger partial charge is 0.320 e.